The molecule has 2 rings (SSSR count). The van der Waals surface area contributed by atoms with Crippen LogP contribution in [0.1, 0.15) is 5.56 Å². The van der Waals surface area contributed by atoms with Gasteiger partial charge in [0.15, 0.2) is 0 Å². The SMILES string of the molecule is CN(CCOc1ccccc1C#N)c1ccccc1. The molecule has 0 unspecified atom stereocenters. The molecule has 3 nitrogen and oxygen atoms in total. The normalized spacial score (nSPS) is 9.68. The highest BCUT2D eigenvalue weighted by Gasteiger charge is 2.03. The first kappa shape index (κ1) is 13.0. The van der Waals surface area contributed by atoms with Gasteiger partial charge in [0.25, 0.3) is 0 Å². The second-order valence-electron chi connectivity index (χ2n) is 4.21. The minimum absolute atomic E-state index is 0.546. The highest BCUT2D eigenvalue weighted by Crippen LogP contribution is 2.17. The van der Waals surface area contributed by atoms with E-state index in [-0.39, 0.29) is 0 Å². The predicted octanol–water partition coefficient (Wildman–Crippen LogP) is 3.07. The monoisotopic (exact) mass is 252 g/mol. The Morgan fingerprint density at radius 3 is 2.47 bits per heavy atom. The molecule has 0 aliphatic rings. The molecule has 3 heteroatoms. The largest absolute Gasteiger partial charge is 0.490 e. The maximum atomic E-state index is 8.96. The molecule has 0 saturated heterocycles. The van der Waals surface area contributed by atoms with Crippen LogP contribution < -0.4 is 9.64 Å². The zero-order valence-corrected chi connectivity index (χ0v) is 10.9. The number of hydrogen-bond donors (Lipinski definition) is 0. The number of likely N-dealkylation sites (N-methyl/N-ethyl adjacent to an activating group) is 1. The van der Waals surface area contributed by atoms with Crippen molar-refractivity contribution in [2.24, 2.45) is 0 Å². The van der Waals surface area contributed by atoms with Crippen molar-refractivity contribution in [1.29, 1.82) is 5.26 Å². The van der Waals surface area contributed by atoms with Gasteiger partial charge in [-0.15, -0.1) is 0 Å². The number of hydrogen-bond acceptors (Lipinski definition) is 3. The van der Waals surface area contributed by atoms with Gasteiger partial charge in [-0.05, 0) is 24.3 Å². The molecule has 0 atom stereocenters. The van der Waals surface area contributed by atoms with E-state index in [1.54, 1.807) is 6.07 Å². The number of para-hydroxylation sites is 2. The standard InChI is InChI=1S/C16H16N2O/c1-18(15-8-3-2-4-9-15)11-12-19-16-10-6-5-7-14(16)13-17/h2-10H,11-12H2,1H3. The van der Waals surface area contributed by atoms with E-state index in [0.717, 1.165) is 12.2 Å². The molecular formula is C16H16N2O. The fourth-order valence-corrected chi connectivity index (χ4v) is 1.79. The molecule has 0 heterocycles. The van der Waals surface area contributed by atoms with Crippen LogP contribution in [0.4, 0.5) is 5.69 Å². The average Bonchev–Trinajstić information content (AvgIpc) is 2.48. The summed E-state index contributed by atoms with van der Waals surface area (Å²) in [5, 5.41) is 8.96. The van der Waals surface area contributed by atoms with Gasteiger partial charge in [0.2, 0.25) is 0 Å². The van der Waals surface area contributed by atoms with Crippen molar-refractivity contribution in [3.05, 3.63) is 60.2 Å². The highest BCUT2D eigenvalue weighted by molar-refractivity contribution is 5.45. The number of anilines is 1. The third kappa shape index (κ3) is 3.49. The lowest BCUT2D eigenvalue weighted by atomic mass is 10.2. The third-order valence-electron chi connectivity index (χ3n) is 2.89. The molecule has 0 amide bonds. The fraction of sp³-hybridized carbons (Fsp3) is 0.188. The Kier molecular flexibility index (Phi) is 4.41. The first-order valence-electron chi connectivity index (χ1n) is 6.19. The van der Waals surface area contributed by atoms with Gasteiger partial charge in [-0.3, -0.25) is 0 Å². The third-order valence-corrected chi connectivity index (χ3v) is 2.89. The number of rotatable bonds is 5. The minimum Gasteiger partial charge on any atom is -0.490 e. The van der Waals surface area contributed by atoms with Gasteiger partial charge >= 0.3 is 0 Å². The van der Waals surface area contributed by atoms with Gasteiger partial charge in [-0.2, -0.15) is 5.26 Å². The molecule has 19 heavy (non-hydrogen) atoms. The van der Waals surface area contributed by atoms with Crippen LogP contribution in [-0.2, 0) is 0 Å². The van der Waals surface area contributed by atoms with Crippen molar-refractivity contribution in [3.8, 4) is 11.8 Å². The van der Waals surface area contributed by atoms with Crippen molar-refractivity contribution in [3.63, 3.8) is 0 Å². The van der Waals surface area contributed by atoms with Crippen molar-refractivity contribution in [2.45, 2.75) is 0 Å². The number of nitrogens with zero attached hydrogens (tertiary/aromatic N) is 2. The van der Waals surface area contributed by atoms with E-state index in [0.29, 0.717) is 17.9 Å². The topological polar surface area (TPSA) is 36.3 Å². The molecule has 0 bridgehead atoms. The van der Waals surface area contributed by atoms with Crippen molar-refractivity contribution in [1.82, 2.24) is 0 Å². The summed E-state index contributed by atoms with van der Waals surface area (Å²) < 4.78 is 5.66. The summed E-state index contributed by atoms with van der Waals surface area (Å²) in [6.07, 6.45) is 0. The van der Waals surface area contributed by atoms with Crippen molar-refractivity contribution in [2.75, 3.05) is 25.1 Å². The van der Waals surface area contributed by atoms with E-state index >= 15 is 0 Å². The van der Waals surface area contributed by atoms with Crippen LogP contribution in [0.2, 0.25) is 0 Å². The summed E-state index contributed by atoms with van der Waals surface area (Å²) in [5.74, 6) is 0.645. The Hall–Kier alpha value is -2.47. The summed E-state index contributed by atoms with van der Waals surface area (Å²) in [5.41, 5.74) is 1.73. The van der Waals surface area contributed by atoms with Crippen LogP contribution in [0.5, 0.6) is 5.75 Å². The van der Waals surface area contributed by atoms with E-state index in [2.05, 4.69) is 23.1 Å². The second-order valence-corrected chi connectivity index (χ2v) is 4.21. The summed E-state index contributed by atoms with van der Waals surface area (Å²) in [4.78, 5) is 2.12. The summed E-state index contributed by atoms with van der Waals surface area (Å²) in [6.45, 7) is 1.31. The quantitative estimate of drug-likeness (QED) is 0.820. The minimum atomic E-state index is 0.546. The molecular weight excluding hydrogens is 236 g/mol. The predicted molar refractivity (Wildman–Crippen MR) is 76.4 cm³/mol. The molecule has 2 aromatic carbocycles. The number of nitriles is 1. The van der Waals surface area contributed by atoms with Crippen LogP contribution in [0.15, 0.2) is 54.6 Å². The average molecular weight is 252 g/mol. The summed E-state index contributed by atoms with van der Waals surface area (Å²) in [6, 6.07) is 19.6. The van der Waals surface area contributed by atoms with Gasteiger partial charge in [-0.25, -0.2) is 0 Å². The van der Waals surface area contributed by atoms with Crippen LogP contribution in [0, 0.1) is 11.3 Å². The van der Waals surface area contributed by atoms with Crippen LogP contribution in [-0.4, -0.2) is 20.2 Å². The molecule has 2 aromatic rings. The lowest BCUT2D eigenvalue weighted by Crippen LogP contribution is -2.23. The zero-order valence-electron chi connectivity index (χ0n) is 10.9. The van der Waals surface area contributed by atoms with Crippen LogP contribution >= 0.6 is 0 Å². The summed E-state index contributed by atoms with van der Waals surface area (Å²) in [7, 11) is 2.02. The Bertz CT molecular complexity index is 560. The lowest BCUT2D eigenvalue weighted by Gasteiger charge is -2.19. The molecule has 0 aromatic heterocycles. The molecule has 96 valence electrons. The first-order valence-corrected chi connectivity index (χ1v) is 6.19. The Balaban J connectivity index is 1.89. The molecule has 0 aliphatic heterocycles. The fourth-order valence-electron chi connectivity index (χ4n) is 1.79. The molecule has 0 fully saturated rings. The van der Waals surface area contributed by atoms with Gasteiger partial charge in [0.05, 0.1) is 12.1 Å². The number of ether oxygens (including phenoxy) is 1. The lowest BCUT2D eigenvalue weighted by molar-refractivity contribution is 0.325. The first-order chi connectivity index (χ1) is 9.31. The smallest absolute Gasteiger partial charge is 0.137 e. The van der Waals surface area contributed by atoms with Crippen LogP contribution in [0.3, 0.4) is 0 Å². The van der Waals surface area contributed by atoms with E-state index in [9.17, 15) is 0 Å². The Labute approximate surface area is 113 Å². The molecule has 0 saturated carbocycles. The highest BCUT2D eigenvalue weighted by atomic mass is 16.5. The summed E-state index contributed by atoms with van der Waals surface area (Å²) >= 11 is 0. The Morgan fingerprint density at radius 1 is 1.05 bits per heavy atom. The Morgan fingerprint density at radius 2 is 1.74 bits per heavy atom. The van der Waals surface area contributed by atoms with Gasteiger partial charge in [-0.1, -0.05) is 30.3 Å². The number of benzene rings is 2. The molecule has 0 spiro atoms. The van der Waals surface area contributed by atoms with Gasteiger partial charge in [0.1, 0.15) is 18.4 Å². The van der Waals surface area contributed by atoms with Crippen molar-refractivity contribution < 1.29 is 4.74 Å². The van der Waals surface area contributed by atoms with E-state index in [4.69, 9.17) is 10.00 Å². The molecule has 0 radical (unpaired) electrons. The molecule has 0 N–H and O–H groups in total. The van der Waals surface area contributed by atoms with E-state index in [1.165, 1.54) is 0 Å². The van der Waals surface area contributed by atoms with Crippen molar-refractivity contribution >= 4 is 5.69 Å². The maximum absolute atomic E-state index is 8.96. The van der Waals surface area contributed by atoms with E-state index in [1.807, 2.05) is 43.4 Å². The molecule has 0 aliphatic carbocycles. The maximum Gasteiger partial charge on any atom is 0.137 e. The van der Waals surface area contributed by atoms with Gasteiger partial charge < -0.3 is 9.64 Å². The zero-order chi connectivity index (χ0) is 13.5. The van der Waals surface area contributed by atoms with Gasteiger partial charge in [0, 0.05) is 12.7 Å². The second kappa shape index (κ2) is 6.46. The van der Waals surface area contributed by atoms with E-state index < -0.39 is 0 Å². The van der Waals surface area contributed by atoms with Crippen LogP contribution in [0.25, 0.3) is 0 Å².